The van der Waals surface area contributed by atoms with E-state index in [0.29, 0.717) is 11.2 Å². The van der Waals surface area contributed by atoms with Crippen LogP contribution >= 0.6 is 24.8 Å². The summed E-state index contributed by atoms with van der Waals surface area (Å²) in [6.07, 6.45) is 0.953. The predicted octanol–water partition coefficient (Wildman–Crippen LogP) is -0.903. The molecule has 1 saturated heterocycles. The number of hydrogen-bond acceptors (Lipinski definition) is 7. The Balaban J connectivity index is 0.00000160. The molecule has 0 bridgehead atoms. The maximum absolute atomic E-state index is 12.7. The standard InChI is InChI=1S/C18H29N7O3.2ClH/c1-20-15-14(16(27)21(2)18(20)28)25-5-3-4-24(17(25)19-15)11-10-22-6-8-23(9-7-22)12-13-26;;/h26H,3-13H2,1-2H3;2*1H. The zero-order valence-electron chi connectivity index (χ0n) is 17.5. The van der Waals surface area contributed by atoms with E-state index in [9.17, 15) is 9.59 Å². The second-order valence-electron chi connectivity index (χ2n) is 7.69. The lowest BCUT2D eigenvalue weighted by atomic mass is 10.3. The number of aryl methyl sites for hydroxylation is 2. The van der Waals surface area contributed by atoms with Crippen LogP contribution in [0, 0.1) is 0 Å². The van der Waals surface area contributed by atoms with Crippen LogP contribution in [0.4, 0.5) is 5.95 Å². The average molecular weight is 464 g/mol. The summed E-state index contributed by atoms with van der Waals surface area (Å²) in [5.41, 5.74) is 0.355. The summed E-state index contributed by atoms with van der Waals surface area (Å²) in [5.74, 6) is 0.790. The number of aromatic nitrogens is 4. The molecule has 170 valence electrons. The van der Waals surface area contributed by atoms with Crippen LogP contribution in [0.15, 0.2) is 9.59 Å². The van der Waals surface area contributed by atoms with E-state index in [2.05, 4.69) is 19.7 Å². The first-order valence-electron chi connectivity index (χ1n) is 9.98. The van der Waals surface area contributed by atoms with Crippen molar-refractivity contribution in [2.45, 2.75) is 13.0 Å². The number of rotatable bonds is 5. The molecule has 4 heterocycles. The van der Waals surface area contributed by atoms with Crippen LogP contribution in [-0.4, -0.2) is 92.6 Å². The van der Waals surface area contributed by atoms with Gasteiger partial charge in [0.1, 0.15) is 0 Å². The van der Waals surface area contributed by atoms with Gasteiger partial charge in [0.05, 0.1) is 6.61 Å². The van der Waals surface area contributed by atoms with Crippen molar-refractivity contribution < 1.29 is 5.11 Å². The van der Waals surface area contributed by atoms with Crippen LogP contribution in [0.2, 0.25) is 0 Å². The number of imidazole rings is 1. The van der Waals surface area contributed by atoms with Crippen LogP contribution < -0.4 is 16.1 Å². The summed E-state index contributed by atoms with van der Waals surface area (Å²) in [6, 6.07) is 0. The second kappa shape index (κ2) is 10.1. The van der Waals surface area contributed by atoms with Crippen LogP contribution in [0.5, 0.6) is 0 Å². The molecule has 0 atom stereocenters. The number of hydrogen-bond donors (Lipinski definition) is 1. The lowest BCUT2D eigenvalue weighted by Gasteiger charge is -2.36. The molecule has 2 aromatic heterocycles. The minimum absolute atomic E-state index is 0. The Labute approximate surface area is 187 Å². The Morgan fingerprint density at radius 2 is 1.50 bits per heavy atom. The highest BCUT2D eigenvalue weighted by Gasteiger charge is 2.26. The van der Waals surface area contributed by atoms with Gasteiger partial charge in [0.2, 0.25) is 5.95 Å². The third-order valence-electron chi connectivity index (χ3n) is 5.99. The fraction of sp³-hybridized carbons (Fsp3) is 0.722. The number of anilines is 1. The van der Waals surface area contributed by atoms with Gasteiger partial charge in [-0.25, -0.2) is 4.79 Å². The summed E-state index contributed by atoms with van der Waals surface area (Å²) in [5, 5.41) is 9.07. The molecule has 10 nitrogen and oxygen atoms in total. The van der Waals surface area contributed by atoms with E-state index in [-0.39, 0.29) is 42.7 Å². The summed E-state index contributed by atoms with van der Waals surface area (Å²) in [7, 11) is 3.18. The van der Waals surface area contributed by atoms with Gasteiger partial charge in [-0.05, 0) is 6.42 Å². The van der Waals surface area contributed by atoms with Crippen LogP contribution in [0.25, 0.3) is 11.2 Å². The van der Waals surface area contributed by atoms with Gasteiger partial charge in [-0.15, -0.1) is 24.8 Å². The van der Waals surface area contributed by atoms with E-state index in [1.807, 2.05) is 4.57 Å². The molecule has 2 aromatic rings. The smallest absolute Gasteiger partial charge is 0.332 e. The molecule has 0 saturated carbocycles. The molecule has 30 heavy (non-hydrogen) atoms. The minimum Gasteiger partial charge on any atom is -0.395 e. The quantitative estimate of drug-likeness (QED) is 0.613. The van der Waals surface area contributed by atoms with E-state index in [1.165, 1.54) is 11.6 Å². The van der Waals surface area contributed by atoms with Gasteiger partial charge in [0.25, 0.3) is 5.56 Å². The molecule has 2 aliphatic rings. The Morgan fingerprint density at radius 3 is 2.13 bits per heavy atom. The molecule has 0 amide bonds. The Kier molecular flexibility index (Phi) is 8.35. The van der Waals surface area contributed by atoms with Crippen molar-refractivity contribution in [2.75, 3.05) is 63.9 Å². The van der Waals surface area contributed by atoms with Gasteiger partial charge < -0.3 is 14.6 Å². The minimum atomic E-state index is -0.347. The lowest BCUT2D eigenvalue weighted by molar-refractivity contribution is 0.114. The first-order valence-corrected chi connectivity index (χ1v) is 9.98. The zero-order valence-corrected chi connectivity index (χ0v) is 19.1. The normalized spacial score (nSPS) is 17.5. The van der Waals surface area contributed by atoms with Gasteiger partial charge in [-0.1, -0.05) is 0 Å². The number of aliphatic hydroxyl groups excluding tert-OH is 1. The molecular weight excluding hydrogens is 433 g/mol. The third kappa shape index (κ3) is 4.38. The van der Waals surface area contributed by atoms with Gasteiger partial charge in [-0.3, -0.25) is 23.7 Å². The first kappa shape index (κ1) is 24.7. The molecule has 1 fully saturated rings. The van der Waals surface area contributed by atoms with Crippen LogP contribution in [-0.2, 0) is 20.6 Å². The van der Waals surface area contributed by atoms with Crippen molar-refractivity contribution in [3.05, 3.63) is 20.8 Å². The molecule has 0 radical (unpaired) electrons. The average Bonchev–Trinajstić information content (AvgIpc) is 3.11. The zero-order chi connectivity index (χ0) is 19.8. The number of fused-ring (bicyclic) bond motifs is 3. The molecule has 0 aromatic carbocycles. The second-order valence-corrected chi connectivity index (χ2v) is 7.69. The van der Waals surface area contributed by atoms with E-state index in [4.69, 9.17) is 5.11 Å². The molecule has 0 unspecified atom stereocenters. The Morgan fingerprint density at radius 1 is 0.867 bits per heavy atom. The topological polar surface area (TPSA) is 91.8 Å². The van der Waals surface area contributed by atoms with Crippen molar-refractivity contribution >= 4 is 41.9 Å². The van der Waals surface area contributed by atoms with E-state index in [0.717, 1.165) is 75.8 Å². The van der Waals surface area contributed by atoms with Crippen molar-refractivity contribution in [3.63, 3.8) is 0 Å². The van der Waals surface area contributed by atoms with Crippen molar-refractivity contribution in [1.29, 1.82) is 0 Å². The maximum atomic E-state index is 12.7. The molecule has 0 spiro atoms. The van der Waals surface area contributed by atoms with Crippen molar-refractivity contribution in [2.24, 2.45) is 14.1 Å². The van der Waals surface area contributed by atoms with Crippen molar-refractivity contribution in [1.82, 2.24) is 28.5 Å². The van der Waals surface area contributed by atoms with Gasteiger partial charge in [-0.2, -0.15) is 4.98 Å². The fourth-order valence-electron chi connectivity index (χ4n) is 4.26. The highest BCUT2D eigenvalue weighted by molar-refractivity contribution is 5.85. The SMILES string of the molecule is Cl.Cl.Cn1c(=O)c2c(nc3n2CCCN3CCN2CCN(CCO)CC2)n(C)c1=O. The molecule has 0 aliphatic carbocycles. The lowest BCUT2D eigenvalue weighted by Crippen LogP contribution is -2.49. The highest BCUT2D eigenvalue weighted by atomic mass is 35.5. The number of nitrogens with zero attached hydrogens (tertiary/aromatic N) is 7. The fourth-order valence-corrected chi connectivity index (χ4v) is 4.26. The number of piperazine rings is 1. The van der Waals surface area contributed by atoms with E-state index >= 15 is 0 Å². The third-order valence-corrected chi connectivity index (χ3v) is 5.99. The summed E-state index contributed by atoms with van der Waals surface area (Å²) >= 11 is 0. The molecule has 1 N–H and O–H groups in total. The van der Waals surface area contributed by atoms with Gasteiger partial charge >= 0.3 is 5.69 Å². The van der Waals surface area contributed by atoms with E-state index < -0.39 is 0 Å². The maximum Gasteiger partial charge on any atom is 0.332 e. The Bertz CT molecular complexity index is 979. The molecular formula is C18H31Cl2N7O3. The number of β-amino-alcohol motifs (C(OH)–C–C–N with tert-alkyl or cyclic N) is 1. The largest absolute Gasteiger partial charge is 0.395 e. The predicted molar refractivity (Wildman–Crippen MR) is 122 cm³/mol. The van der Waals surface area contributed by atoms with Crippen molar-refractivity contribution in [3.8, 4) is 0 Å². The van der Waals surface area contributed by atoms with Gasteiger partial charge in [0, 0.05) is 73.0 Å². The first-order chi connectivity index (χ1) is 13.5. The monoisotopic (exact) mass is 463 g/mol. The van der Waals surface area contributed by atoms with E-state index in [1.54, 1.807) is 7.05 Å². The molecule has 12 heteroatoms. The molecule has 2 aliphatic heterocycles. The van der Waals surface area contributed by atoms with Gasteiger partial charge in [0.15, 0.2) is 11.2 Å². The number of aliphatic hydroxyl groups is 1. The number of halogens is 2. The summed E-state index contributed by atoms with van der Waals surface area (Å²) in [4.78, 5) is 36.5. The molecule has 4 rings (SSSR count). The Hall–Kier alpha value is -1.59. The summed E-state index contributed by atoms with van der Waals surface area (Å²) in [6.45, 7) is 8.36. The highest BCUT2D eigenvalue weighted by Crippen LogP contribution is 2.24. The summed E-state index contributed by atoms with van der Waals surface area (Å²) < 4.78 is 4.59. The van der Waals surface area contributed by atoms with Crippen LogP contribution in [0.3, 0.4) is 0 Å². The van der Waals surface area contributed by atoms with Crippen LogP contribution in [0.1, 0.15) is 6.42 Å².